The lowest BCUT2D eigenvalue weighted by Gasteiger charge is -2.23. The van der Waals surface area contributed by atoms with Crippen LogP contribution < -0.4 is 4.74 Å². The van der Waals surface area contributed by atoms with Gasteiger partial charge in [0.2, 0.25) is 5.88 Å². The zero-order chi connectivity index (χ0) is 14.9. The minimum absolute atomic E-state index is 0.0312. The van der Waals surface area contributed by atoms with Crippen LogP contribution >= 0.6 is 11.8 Å². The number of hydrogen-bond acceptors (Lipinski definition) is 5. The number of carbonyl (C=O) groups is 1. The van der Waals surface area contributed by atoms with Crippen molar-refractivity contribution in [2.24, 2.45) is 0 Å². The predicted octanol–water partition coefficient (Wildman–Crippen LogP) is 2.37. The van der Waals surface area contributed by atoms with Crippen molar-refractivity contribution in [1.29, 1.82) is 0 Å². The van der Waals surface area contributed by atoms with Gasteiger partial charge in [-0.25, -0.2) is 4.98 Å². The highest BCUT2D eigenvalue weighted by molar-refractivity contribution is 7.99. The first-order valence-corrected chi connectivity index (χ1v) is 7.10. The van der Waals surface area contributed by atoms with E-state index >= 15 is 0 Å². The van der Waals surface area contributed by atoms with Gasteiger partial charge in [0, 0.05) is 11.6 Å². The number of fused-ring (bicyclic) bond motifs is 1. The van der Waals surface area contributed by atoms with E-state index in [1.165, 1.54) is 11.8 Å². The summed E-state index contributed by atoms with van der Waals surface area (Å²) in [6.07, 6.45) is 0. The molecular weight excluding hydrogens is 278 g/mol. The molecule has 0 saturated carbocycles. The summed E-state index contributed by atoms with van der Waals surface area (Å²) in [6, 6.07) is 3.57. The molecule has 0 spiro atoms. The molecule has 0 amide bonds. The van der Waals surface area contributed by atoms with Crippen molar-refractivity contribution < 1.29 is 14.6 Å². The van der Waals surface area contributed by atoms with Gasteiger partial charge in [0.15, 0.2) is 10.8 Å². The smallest absolute Gasteiger partial charge is 0.313 e. The first kappa shape index (κ1) is 14.6. The van der Waals surface area contributed by atoms with Crippen LogP contribution in [0.3, 0.4) is 0 Å². The summed E-state index contributed by atoms with van der Waals surface area (Å²) in [6.45, 7) is 6.08. The number of nitrogens with zero attached hydrogens (tertiary/aromatic N) is 3. The van der Waals surface area contributed by atoms with E-state index in [1.807, 2.05) is 31.4 Å². The minimum Gasteiger partial charge on any atom is -0.481 e. The average molecular weight is 295 g/mol. The molecule has 0 unspecified atom stereocenters. The second kappa shape index (κ2) is 5.32. The molecule has 108 valence electrons. The number of methoxy groups -OCH3 is 1. The number of ether oxygens (including phenoxy) is 1. The van der Waals surface area contributed by atoms with E-state index in [9.17, 15) is 4.79 Å². The van der Waals surface area contributed by atoms with Crippen LogP contribution in [-0.2, 0) is 10.3 Å². The number of hydrogen-bond donors (Lipinski definition) is 1. The molecule has 0 aliphatic rings. The van der Waals surface area contributed by atoms with E-state index in [1.54, 1.807) is 13.2 Å². The van der Waals surface area contributed by atoms with Crippen molar-refractivity contribution in [3.63, 3.8) is 0 Å². The molecule has 0 bridgehead atoms. The van der Waals surface area contributed by atoms with Crippen molar-refractivity contribution in [2.45, 2.75) is 31.5 Å². The standard InChI is InChI=1S/C13H17N3O3S/c1-13(2,3)16-11-8(5-6-9(15-11)19-4)14-12(16)20-7-10(17)18/h5-6H,7H2,1-4H3,(H,17,18). The van der Waals surface area contributed by atoms with Crippen LogP contribution in [-0.4, -0.2) is 38.5 Å². The van der Waals surface area contributed by atoms with E-state index in [2.05, 4.69) is 9.97 Å². The predicted molar refractivity (Wildman–Crippen MR) is 77.4 cm³/mol. The molecule has 1 N–H and O–H groups in total. The van der Waals surface area contributed by atoms with Crippen molar-refractivity contribution in [1.82, 2.24) is 14.5 Å². The molecule has 2 aromatic heterocycles. The number of rotatable bonds is 4. The van der Waals surface area contributed by atoms with E-state index in [-0.39, 0.29) is 11.3 Å². The van der Waals surface area contributed by atoms with E-state index in [4.69, 9.17) is 9.84 Å². The summed E-state index contributed by atoms with van der Waals surface area (Å²) < 4.78 is 7.09. The number of carboxylic acids is 1. The molecule has 0 radical (unpaired) electrons. The molecule has 0 fully saturated rings. The summed E-state index contributed by atoms with van der Waals surface area (Å²) in [5.74, 6) is -0.387. The SMILES string of the molecule is COc1ccc2nc(SCC(=O)O)n(C(C)(C)C)c2n1. The fourth-order valence-corrected chi connectivity index (χ4v) is 2.77. The van der Waals surface area contributed by atoms with Crippen molar-refractivity contribution in [2.75, 3.05) is 12.9 Å². The molecule has 7 heteroatoms. The molecular formula is C13H17N3O3S. The summed E-state index contributed by atoms with van der Waals surface area (Å²) in [4.78, 5) is 19.7. The van der Waals surface area contributed by atoms with Crippen molar-refractivity contribution in [3.05, 3.63) is 12.1 Å². The zero-order valence-corrected chi connectivity index (χ0v) is 12.7. The molecule has 0 aromatic carbocycles. The Balaban J connectivity index is 2.58. The zero-order valence-electron chi connectivity index (χ0n) is 11.9. The van der Waals surface area contributed by atoms with Crippen molar-refractivity contribution >= 4 is 28.9 Å². The highest BCUT2D eigenvalue weighted by atomic mass is 32.2. The second-order valence-corrected chi connectivity index (χ2v) is 6.22. The highest BCUT2D eigenvalue weighted by Gasteiger charge is 2.23. The average Bonchev–Trinajstić information content (AvgIpc) is 2.73. The summed E-state index contributed by atoms with van der Waals surface area (Å²) >= 11 is 1.19. The van der Waals surface area contributed by atoms with E-state index < -0.39 is 5.97 Å². The maximum Gasteiger partial charge on any atom is 0.313 e. The molecule has 0 aliphatic heterocycles. The number of carboxylic acid groups (broad SMARTS) is 1. The lowest BCUT2D eigenvalue weighted by atomic mass is 10.1. The number of thioether (sulfide) groups is 1. The van der Waals surface area contributed by atoms with Crippen LogP contribution in [0.25, 0.3) is 11.2 Å². The third-order valence-corrected chi connectivity index (χ3v) is 3.58. The maximum atomic E-state index is 10.8. The Morgan fingerprint density at radius 3 is 2.65 bits per heavy atom. The van der Waals surface area contributed by atoms with Gasteiger partial charge in [-0.1, -0.05) is 11.8 Å². The Kier molecular flexibility index (Phi) is 3.89. The van der Waals surface area contributed by atoms with Gasteiger partial charge >= 0.3 is 5.97 Å². The number of aromatic nitrogens is 3. The summed E-state index contributed by atoms with van der Waals surface area (Å²) in [7, 11) is 1.56. The molecule has 6 nitrogen and oxygen atoms in total. The van der Waals surface area contributed by atoms with Gasteiger partial charge in [0.25, 0.3) is 0 Å². The molecule has 2 aromatic rings. The van der Waals surface area contributed by atoms with Gasteiger partial charge in [-0.05, 0) is 26.8 Å². The normalized spacial score (nSPS) is 11.8. The Labute approximate surface area is 121 Å². The van der Waals surface area contributed by atoms with E-state index in [0.29, 0.717) is 16.7 Å². The molecule has 0 saturated heterocycles. The van der Waals surface area contributed by atoms with Crippen molar-refractivity contribution in [3.8, 4) is 5.88 Å². The molecule has 2 heterocycles. The summed E-state index contributed by atoms with van der Waals surface area (Å²) in [5.41, 5.74) is 1.17. The van der Waals surface area contributed by atoms with Gasteiger partial charge in [-0.2, -0.15) is 4.98 Å². The van der Waals surface area contributed by atoms with Crippen LogP contribution in [0.15, 0.2) is 17.3 Å². The van der Waals surface area contributed by atoms with Gasteiger partial charge < -0.3 is 9.84 Å². The lowest BCUT2D eigenvalue weighted by Crippen LogP contribution is -2.23. The number of imidazole rings is 1. The largest absolute Gasteiger partial charge is 0.481 e. The fourth-order valence-electron chi connectivity index (χ4n) is 1.86. The Hall–Kier alpha value is -1.76. The number of pyridine rings is 1. The van der Waals surface area contributed by atoms with Gasteiger partial charge in [0.05, 0.1) is 12.9 Å². The first-order valence-electron chi connectivity index (χ1n) is 6.11. The third kappa shape index (κ3) is 2.87. The second-order valence-electron chi connectivity index (χ2n) is 5.28. The van der Waals surface area contributed by atoms with Crippen LogP contribution in [0.5, 0.6) is 5.88 Å². The first-order chi connectivity index (χ1) is 9.32. The monoisotopic (exact) mass is 295 g/mol. The quantitative estimate of drug-likeness (QED) is 0.873. The van der Waals surface area contributed by atoms with Crippen LogP contribution in [0.2, 0.25) is 0 Å². The maximum absolute atomic E-state index is 10.8. The Morgan fingerprint density at radius 1 is 1.40 bits per heavy atom. The van der Waals surface area contributed by atoms with Gasteiger partial charge in [0.1, 0.15) is 5.52 Å². The molecule has 2 rings (SSSR count). The van der Waals surface area contributed by atoms with Crippen LogP contribution in [0.4, 0.5) is 0 Å². The Bertz CT molecular complexity index is 646. The van der Waals surface area contributed by atoms with Gasteiger partial charge in [-0.15, -0.1) is 0 Å². The minimum atomic E-state index is -0.868. The van der Waals surface area contributed by atoms with Crippen LogP contribution in [0, 0.1) is 0 Å². The highest BCUT2D eigenvalue weighted by Crippen LogP contribution is 2.30. The molecule has 20 heavy (non-hydrogen) atoms. The summed E-state index contributed by atoms with van der Waals surface area (Å²) in [5, 5.41) is 9.48. The molecule has 0 aliphatic carbocycles. The fraction of sp³-hybridized carbons (Fsp3) is 0.462. The number of aliphatic carboxylic acids is 1. The van der Waals surface area contributed by atoms with Gasteiger partial charge in [-0.3, -0.25) is 9.36 Å². The Morgan fingerprint density at radius 2 is 2.10 bits per heavy atom. The third-order valence-electron chi connectivity index (χ3n) is 2.65. The van der Waals surface area contributed by atoms with E-state index in [0.717, 1.165) is 5.52 Å². The topological polar surface area (TPSA) is 77.2 Å². The molecule has 0 atom stereocenters. The van der Waals surface area contributed by atoms with Crippen LogP contribution in [0.1, 0.15) is 20.8 Å². The lowest BCUT2D eigenvalue weighted by molar-refractivity contribution is -0.133.